The van der Waals surface area contributed by atoms with Gasteiger partial charge >= 0.3 is 0 Å². The van der Waals surface area contributed by atoms with Crippen LogP contribution in [0.4, 0.5) is 0 Å². The number of phenolic OH excluding ortho intramolecular Hbond substituents is 2. The molecule has 0 amide bonds. The number of ketones is 1. The predicted octanol–water partition coefficient (Wildman–Crippen LogP) is 2.96. The molecule has 88 valence electrons. The largest absolute Gasteiger partial charge is 0.504 e. The smallest absolute Gasteiger partial charge is 0.166 e. The monoisotopic (exact) mass is 222 g/mol. The van der Waals surface area contributed by atoms with Gasteiger partial charge < -0.3 is 10.2 Å². The molecule has 0 aromatic heterocycles. The molecule has 1 aromatic carbocycles. The van der Waals surface area contributed by atoms with E-state index in [-0.39, 0.29) is 29.1 Å². The first-order valence-electron chi connectivity index (χ1n) is 5.53. The van der Waals surface area contributed by atoms with Crippen LogP contribution in [0, 0.1) is 11.8 Å². The fourth-order valence-electron chi connectivity index (χ4n) is 1.85. The number of phenols is 2. The standard InChI is InChI=1S/C13H18O3/c1-4-10(8(2)3)13(16)9-5-6-11(14)12(15)7-9/h5-8,10,14-15H,4H2,1-3H3/t10-/m1/s1. The molecule has 1 aromatic rings. The molecule has 0 saturated carbocycles. The molecule has 3 nitrogen and oxygen atoms in total. The highest BCUT2D eigenvalue weighted by atomic mass is 16.3. The van der Waals surface area contributed by atoms with Gasteiger partial charge in [0.05, 0.1) is 0 Å². The molecule has 0 bridgehead atoms. The lowest BCUT2D eigenvalue weighted by molar-refractivity contribution is 0.0881. The SMILES string of the molecule is CC[C@@H](C(=O)c1ccc(O)c(O)c1)C(C)C. The van der Waals surface area contributed by atoms with Crippen molar-refractivity contribution in [2.75, 3.05) is 0 Å². The summed E-state index contributed by atoms with van der Waals surface area (Å²) in [6.07, 6.45) is 0.776. The van der Waals surface area contributed by atoms with Crippen molar-refractivity contribution in [3.05, 3.63) is 23.8 Å². The van der Waals surface area contributed by atoms with E-state index in [0.29, 0.717) is 5.56 Å². The average Bonchev–Trinajstić information content (AvgIpc) is 2.22. The lowest BCUT2D eigenvalue weighted by atomic mass is 9.86. The fourth-order valence-corrected chi connectivity index (χ4v) is 1.85. The molecule has 0 heterocycles. The van der Waals surface area contributed by atoms with E-state index in [1.54, 1.807) is 6.07 Å². The Labute approximate surface area is 95.7 Å². The van der Waals surface area contributed by atoms with E-state index >= 15 is 0 Å². The number of rotatable bonds is 4. The molecule has 3 heteroatoms. The molecule has 1 rings (SSSR count). The normalized spacial score (nSPS) is 12.8. The number of carbonyl (C=O) groups excluding carboxylic acids is 1. The number of Topliss-reactive ketones (excluding diaryl/α,β-unsaturated/α-hetero) is 1. The first-order chi connectivity index (χ1) is 7.47. The van der Waals surface area contributed by atoms with Crippen molar-refractivity contribution in [1.29, 1.82) is 0 Å². The van der Waals surface area contributed by atoms with Gasteiger partial charge in [-0.2, -0.15) is 0 Å². The Kier molecular flexibility index (Phi) is 3.93. The Bertz CT molecular complexity index is 383. The Morgan fingerprint density at radius 2 is 1.88 bits per heavy atom. The summed E-state index contributed by atoms with van der Waals surface area (Å²) in [6.45, 7) is 5.99. The number of aromatic hydroxyl groups is 2. The van der Waals surface area contributed by atoms with Crippen LogP contribution >= 0.6 is 0 Å². The summed E-state index contributed by atoms with van der Waals surface area (Å²) < 4.78 is 0. The van der Waals surface area contributed by atoms with E-state index in [1.165, 1.54) is 12.1 Å². The minimum absolute atomic E-state index is 0.0211. The highest BCUT2D eigenvalue weighted by Gasteiger charge is 2.22. The zero-order valence-corrected chi connectivity index (χ0v) is 9.90. The Hall–Kier alpha value is -1.51. The highest BCUT2D eigenvalue weighted by molar-refractivity contribution is 5.98. The number of hydrogen-bond donors (Lipinski definition) is 2. The summed E-state index contributed by atoms with van der Waals surface area (Å²) in [6, 6.07) is 4.21. The lowest BCUT2D eigenvalue weighted by Gasteiger charge is -2.17. The second-order valence-corrected chi connectivity index (χ2v) is 4.33. The maximum atomic E-state index is 12.1. The maximum Gasteiger partial charge on any atom is 0.166 e. The molecule has 0 aliphatic heterocycles. The number of hydrogen-bond acceptors (Lipinski definition) is 3. The van der Waals surface area contributed by atoms with Crippen LogP contribution < -0.4 is 0 Å². The van der Waals surface area contributed by atoms with Crippen molar-refractivity contribution in [3.8, 4) is 11.5 Å². The van der Waals surface area contributed by atoms with E-state index < -0.39 is 0 Å². The first kappa shape index (κ1) is 12.6. The predicted molar refractivity (Wildman–Crippen MR) is 62.7 cm³/mol. The molecule has 0 spiro atoms. The quantitative estimate of drug-likeness (QED) is 0.608. The van der Waals surface area contributed by atoms with Crippen LogP contribution in [0.1, 0.15) is 37.6 Å². The number of carbonyl (C=O) groups is 1. The highest BCUT2D eigenvalue weighted by Crippen LogP contribution is 2.28. The van der Waals surface area contributed by atoms with Gasteiger partial charge in [-0.25, -0.2) is 0 Å². The minimum Gasteiger partial charge on any atom is -0.504 e. The minimum atomic E-state index is -0.246. The van der Waals surface area contributed by atoms with Crippen LogP contribution in [0.2, 0.25) is 0 Å². The van der Waals surface area contributed by atoms with Crippen LogP contribution in [0.5, 0.6) is 11.5 Å². The third-order valence-corrected chi connectivity index (χ3v) is 2.84. The van der Waals surface area contributed by atoms with Crippen LogP contribution in [0.25, 0.3) is 0 Å². The maximum absolute atomic E-state index is 12.1. The van der Waals surface area contributed by atoms with E-state index in [2.05, 4.69) is 0 Å². The molecular weight excluding hydrogens is 204 g/mol. The first-order valence-corrected chi connectivity index (χ1v) is 5.53. The van der Waals surface area contributed by atoms with Crippen molar-refractivity contribution in [2.45, 2.75) is 27.2 Å². The summed E-state index contributed by atoms with van der Waals surface area (Å²) in [4.78, 5) is 12.1. The van der Waals surface area contributed by atoms with Crippen molar-refractivity contribution in [1.82, 2.24) is 0 Å². The van der Waals surface area contributed by atoms with Crippen LogP contribution in [0.3, 0.4) is 0 Å². The van der Waals surface area contributed by atoms with E-state index in [1.807, 2.05) is 20.8 Å². The van der Waals surface area contributed by atoms with E-state index in [4.69, 9.17) is 5.11 Å². The van der Waals surface area contributed by atoms with Gasteiger partial charge in [0, 0.05) is 11.5 Å². The molecule has 0 unspecified atom stereocenters. The molecule has 1 atom stereocenters. The molecular formula is C13H18O3. The zero-order valence-electron chi connectivity index (χ0n) is 9.90. The van der Waals surface area contributed by atoms with Crippen LogP contribution in [-0.4, -0.2) is 16.0 Å². The summed E-state index contributed by atoms with van der Waals surface area (Å²) in [5.74, 6) is -0.191. The van der Waals surface area contributed by atoms with Crippen LogP contribution in [0.15, 0.2) is 18.2 Å². The van der Waals surface area contributed by atoms with E-state index in [9.17, 15) is 9.90 Å². The van der Waals surface area contributed by atoms with Crippen molar-refractivity contribution >= 4 is 5.78 Å². The molecule has 0 aliphatic carbocycles. The molecule has 0 aliphatic rings. The van der Waals surface area contributed by atoms with Crippen molar-refractivity contribution in [2.24, 2.45) is 11.8 Å². The Balaban J connectivity index is 2.99. The van der Waals surface area contributed by atoms with Gasteiger partial charge in [-0.15, -0.1) is 0 Å². The van der Waals surface area contributed by atoms with Gasteiger partial charge in [0.1, 0.15) is 0 Å². The fraction of sp³-hybridized carbons (Fsp3) is 0.462. The molecule has 0 fully saturated rings. The third-order valence-electron chi connectivity index (χ3n) is 2.84. The molecule has 0 saturated heterocycles. The second-order valence-electron chi connectivity index (χ2n) is 4.33. The van der Waals surface area contributed by atoms with Gasteiger partial charge in [0.2, 0.25) is 0 Å². The Morgan fingerprint density at radius 1 is 1.25 bits per heavy atom. The van der Waals surface area contributed by atoms with E-state index in [0.717, 1.165) is 6.42 Å². The second kappa shape index (κ2) is 5.01. The summed E-state index contributed by atoms with van der Waals surface area (Å²) in [7, 11) is 0. The summed E-state index contributed by atoms with van der Waals surface area (Å²) in [5.41, 5.74) is 0.454. The third kappa shape index (κ3) is 2.54. The molecule has 16 heavy (non-hydrogen) atoms. The van der Waals surface area contributed by atoms with Gasteiger partial charge in [-0.05, 0) is 30.5 Å². The van der Waals surface area contributed by atoms with Gasteiger partial charge in [-0.3, -0.25) is 4.79 Å². The van der Waals surface area contributed by atoms with Crippen molar-refractivity contribution < 1.29 is 15.0 Å². The lowest BCUT2D eigenvalue weighted by Crippen LogP contribution is -2.19. The van der Waals surface area contributed by atoms with Crippen molar-refractivity contribution in [3.63, 3.8) is 0 Å². The van der Waals surface area contributed by atoms with Gasteiger partial charge in [-0.1, -0.05) is 20.8 Å². The summed E-state index contributed by atoms with van der Waals surface area (Å²) >= 11 is 0. The molecule has 0 radical (unpaired) electrons. The van der Waals surface area contributed by atoms with Crippen LogP contribution in [-0.2, 0) is 0 Å². The topological polar surface area (TPSA) is 57.5 Å². The summed E-state index contributed by atoms with van der Waals surface area (Å²) in [5, 5.41) is 18.5. The molecule has 2 N–H and O–H groups in total. The average molecular weight is 222 g/mol. The van der Waals surface area contributed by atoms with Gasteiger partial charge in [0.25, 0.3) is 0 Å². The van der Waals surface area contributed by atoms with Gasteiger partial charge in [0.15, 0.2) is 17.3 Å². The Morgan fingerprint density at radius 3 is 2.31 bits per heavy atom. The number of benzene rings is 1. The zero-order chi connectivity index (χ0) is 12.3.